The van der Waals surface area contributed by atoms with Crippen molar-refractivity contribution in [2.24, 2.45) is 0 Å². The number of benzene rings is 3. The Hall–Kier alpha value is -3.18. The Kier molecular flexibility index (Phi) is 6.98. The zero-order valence-electron chi connectivity index (χ0n) is 15.5. The van der Waals surface area contributed by atoms with Crippen molar-refractivity contribution in [3.05, 3.63) is 106 Å². The Balaban J connectivity index is 1.74. The van der Waals surface area contributed by atoms with Gasteiger partial charge in [-0.15, -0.1) is 0 Å². The first-order valence-electron chi connectivity index (χ1n) is 9.04. The van der Waals surface area contributed by atoms with Gasteiger partial charge < -0.3 is 10.1 Å². The molecule has 1 atom stereocenters. The molecule has 0 aliphatic rings. The zero-order chi connectivity index (χ0) is 20.6. The van der Waals surface area contributed by atoms with Crippen molar-refractivity contribution in [1.82, 2.24) is 5.32 Å². The van der Waals surface area contributed by atoms with Crippen LogP contribution in [-0.4, -0.2) is 17.9 Å². The lowest BCUT2D eigenvalue weighted by molar-refractivity contribution is -0.147. The maximum atomic E-state index is 13.9. The first-order chi connectivity index (χ1) is 14.0. The van der Waals surface area contributed by atoms with Gasteiger partial charge in [0.25, 0.3) is 5.91 Å². The highest BCUT2D eigenvalue weighted by Crippen LogP contribution is 2.20. The maximum absolute atomic E-state index is 13.9. The van der Waals surface area contributed by atoms with E-state index < -0.39 is 23.7 Å². The van der Waals surface area contributed by atoms with Crippen LogP contribution >= 0.6 is 11.6 Å². The topological polar surface area (TPSA) is 55.4 Å². The quantitative estimate of drug-likeness (QED) is 0.580. The summed E-state index contributed by atoms with van der Waals surface area (Å²) in [6.07, 6.45) is 0.239. The second-order valence-corrected chi connectivity index (χ2v) is 6.80. The second kappa shape index (κ2) is 9.85. The van der Waals surface area contributed by atoms with Gasteiger partial charge in [-0.05, 0) is 29.8 Å². The number of halogens is 2. The van der Waals surface area contributed by atoms with Gasteiger partial charge >= 0.3 is 5.97 Å². The lowest BCUT2D eigenvalue weighted by atomic mass is 10.1. The molecule has 0 aromatic heterocycles. The van der Waals surface area contributed by atoms with Gasteiger partial charge in [0.05, 0.1) is 5.02 Å². The van der Waals surface area contributed by atoms with Crippen LogP contribution in [-0.2, 0) is 22.6 Å². The molecule has 3 rings (SSSR count). The SMILES string of the molecule is O=C(N[C@@H](Cc1ccccc1)C(=O)OCc1c(F)cccc1Cl)c1ccccc1. The van der Waals surface area contributed by atoms with Gasteiger partial charge in [-0.2, -0.15) is 0 Å². The third-order valence-electron chi connectivity index (χ3n) is 4.33. The largest absolute Gasteiger partial charge is 0.459 e. The van der Waals surface area contributed by atoms with E-state index in [2.05, 4.69) is 5.32 Å². The first kappa shape index (κ1) is 20.6. The molecule has 0 heterocycles. The molecular weight excluding hydrogens is 393 g/mol. The molecule has 3 aromatic rings. The Bertz CT molecular complexity index is 960. The molecule has 1 N–H and O–H groups in total. The monoisotopic (exact) mass is 411 g/mol. The molecule has 0 saturated carbocycles. The summed E-state index contributed by atoms with van der Waals surface area (Å²) < 4.78 is 19.2. The van der Waals surface area contributed by atoms with Crippen LogP contribution in [0.15, 0.2) is 78.9 Å². The van der Waals surface area contributed by atoms with Crippen LogP contribution < -0.4 is 5.32 Å². The summed E-state index contributed by atoms with van der Waals surface area (Å²) in [6, 6.07) is 21.1. The number of rotatable bonds is 7. The smallest absolute Gasteiger partial charge is 0.329 e. The van der Waals surface area contributed by atoms with Crippen molar-refractivity contribution in [3.63, 3.8) is 0 Å². The van der Waals surface area contributed by atoms with Gasteiger partial charge in [0.15, 0.2) is 0 Å². The van der Waals surface area contributed by atoms with Crippen molar-refractivity contribution < 1.29 is 18.7 Å². The summed E-state index contributed by atoms with van der Waals surface area (Å²) in [4.78, 5) is 25.2. The number of amides is 1. The van der Waals surface area contributed by atoms with E-state index in [1.54, 1.807) is 30.3 Å². The summed E-state index contributed by atoms with van der Waals surface area (Å²) >= 11 is 5.99. The van der Waals surface area contributed by atoms with Gasteiger partial charge in [-0.3, -0.25) is 4.79 Å². The predicted molar refractivity (Wildman–Crippen MR) is 109 cm³/mol. The van der Waals surface area contributed by atoms with E-state index in [1.807, 2.05) is 30.3 Å². The van der Waals surface area contributed by atoms with Gasteiger partial charge in [-0.25, -0.2) is 9.18 Å². The Morgan fingerprint density at radius 2 is 1.59 bits per heavy atom. The highest BCUT2D eigenvalue weighted by Gasteiger charge is 2.24. The molecule has 0 radical (unpaired) electrons. The van der Waals surface area contributed by atoms with Crippen LogP contribution in [0.2, 0.25) is 5.02 Å². The highest BCUT2D eigenvalue weighted by molar-refractivity contribution is 6.31. The third kappa shape index (κ3) is 5.65. The summed E-state index contributed by atoms with van der Waals surface area (Å²) in [6.45, 7) is -0.323. The third-order valence-corrected chi connectivity index (χ3v) is 4.68. The van der Waals surface area contributed by atoms with Gasteiger partial charge in [0.1, 0.15) is 18.5 Å². The van der Waals surface area contributed by atoms with Crippen LogP contribution in [0, 0.1) is 5.82 Å². The lowest BCUT2D eigenvalue weighted by Gasteiger charge is -2.18. The van der Waals surface area contributed by atoms with Gasteiger partial charge in [-0.1, -0.05) is 66.2 Å². The van der Waals surface area contributed by atoms with Crippen LogP contribution in [0.3, 0.4) is 0 Å². The lowest BCUT2D eigenvalue weighted by Crippen LogP contribution is -2.43. The Morgan fingerprint density at radius 3 is 2.24 bits per heavy atom. The summed E-state index contributed by atoms with van der Waals surface area (Å²) in [5.41, 5.74) is 1.37. The second-order valence-electron chi connectivity index (χ2n) is 6.39. The summed E-state index contributed by atoms with van der Waals surface area (Å²) in [5.74, 6) is -1.62. The van der Waals surface area contributed by atoms with Crippen molar-refractivity contribution in [2.45, 2.75) is 19.1 Å². The minimum absolute atomic E-state index is 0.0929. The van der Waals surface area contributed by atoms with Gasteiger partial charge in [0, 0.05) is 17.5 Å². The van der Waals surface area contributed by atoms with Crippen molar-refractivity contribution in [1.29, 1.82) is 0 Å². The van der Waals surface area contributed by atoms with E-state index in [9.17, 15) is 14.0 Å². The summed E-state index contributed by atoms with van der Waals surface area (Å²) in [7, 11) is 0. The van der Waals surface area contributed by atoms with Crippen LogP contribution in [0.5, 0.6) is 0 Å². The minimum atomic E-state index is -0.935. The van der Waals surface area contributed by atoms with Crippen molar-refractivity contribution in [2.75, 3.05) is 0 Å². The first-order valence-corrected chi connectivity index (χ1v) is 9.42. The van der Waals surface area contributed by atoms with E-state index in [0.29, 0.717) is 5.56 Å². The molecular formula is C23H19ClFNO3. The average molecular weight is 412 g/mol. The summed E-state index contributed by atoms with van der Waals surface area (Å²) in [5, 5.41) is 2.88. The molecule has 0 unspecified atom stereocenters. The number of hydrogen-bond acceptors (Lipinski definition) is 3. The Labute approximate surface area is 173 Å². The molecule has 0 aliphatic carbocycles. The molecule has 0 aliphatic heterocycles. The molecule has 3 aromatic carbocycles. The van der Waals surface area contributed by atoms with Crippen LogP contribution in [0.25, 0.3) is 0 Å². The van der Waals surface area contributed by atoms with Crippen LogP contribution in [0.4, 0.5) is 4.39 Å². The molecule has 0 spiro atoms. The number of nitrogens with one attached hydrogen (secondary N) is 1. The fraction of sp³-hybridized carbons (Fsp3) is 0.130. The molecule has 4 nitrogen and oxygen atoms in total. The normalized spacial score (nSPS) is 11.5. The minimum Gasteiger partial charge on any atom is -0.459 e. The highest BCUT2D eigenvalue weighted by atomic mass is 35.5. The molecule has 0 fully saturated rings. The van der Waals surface area contributed by atoms with E-state index in [0.717, 1.165) is 5.56 Å². The number of esters is 1. The molecule has 6 heteroatoms. The van der Waals surface area contributed by atoms with Crippen LogP contribution in [0.1, 0.15) is 21.5 Å². The van der Waals surface area contributed by atoms with Crippen molar-refractivity contribution in [3.8, 4) is 0 Å². The number of carbonyl (C=O) groups excluding carboxylic acids is 2. The predicted octanol–water partition coefficient (Wildman–Crippen LogP) is 4.56. The maximum Gasteiger partial charge on any atom is 0.329 e. The van der Waals surface area contributed by atoms with E-state index in [1.165, 1.54) is 18.2 Å². The van der Waals surface area contributed by atoms with Gasteiger partial charge in [0.2, 0.25) is 0 Å². The number of carbonyl (C=O) groups is 2. The van der Waals surface area contributed by atoms with E-state index >= 15 is 0 Å². The molecule has 29 heavy (non-hydrogen) atoms. The van der Waals surface area contributed by atoms with Crippen molar-refractivity contribution >= 4 is 23.5 Å². The fourth-order valence-electron chi connectivity index (χ4n) is 2.79. The Morgan fingerprint density at radius 1 is 0.931 bits per heavy atom. The number of ether oxygens (including phenoxy) is 1. The molecule has 0 bridgehead atoms. The average Bonchev–Trinajstić information content (AvgIpc) is 2.74. The molecule has 1 amide bonds. The number of hydrogen-bond donors (Lipinski definition) is 1. The van der Waals surface area contributed by atoms with E-state index in [-0.39, 0.29) is 23.6 Å². The standard InChI is InChI=1S/C23H19ClFNO3/c24-19-12-7-13-20(25)18(19)15-29-23(28)21(14-16-8-3-1-4-9-16)26-22(27)17-10-5-2-6-11-17/h1-13,21H,14-15H2,(H,26,27)/t21-/m0/s1. The zero-order valence-corrected chi connectivity index (χ0v) is 16.2. The molecule has 148 valence electrons. The van der Waals surface area contributed by atoms with E-state index in [4.69, 9.17) is 16.3 Å². The molecule has 0 saturated heterocycles. The fourth-order valence-corrected chi connectivity index (χ4v) is 3.01.